The molecule has 1 atom stereocenters. The second-order valence-corrected chi connectivity index (χ2v) is 5.39. The fourth-order valence-corrected chi connectivity index (χ4v) is 2.65. The summed E-state index contributed by atoms with van der Waals surface area (Å²) in [5.74, 6) is 1.71. The molecule has 2 heteroatoms. The van der Waals surface area contributed by atoms with E-state index in [1.54, 1.807) is 0 Å². The van der Waals surface area contributed by atoms with Gasteiger partial charge in [0.05, 0.1) is 0 Å². The van der Waals surface area contributed by atoms with Gasteiger partial charge in [-0.15, -0.1) is 0 Å². The molecule has 1 aliphatic rings. The molecule has 1 aliphatic heterocycles. The maximum atomic E-state index is 4.25. The predicted molar refractivity (Wildman–Crippen MR) is 68.7 cm³/mol. The Morgan fingerprint density at radius 1 is 1.50 bits per heavy atom. The monoisotopic (exact) mass is 218 g/mol. The van der Waals surface area contributed by atoms with E-state index >= 15 is 0 Å². The van der Waals surface area contributed by atoms with Crippen LogP contribution in [-0.4, -0.2) is 18.1 Å². The Morgan fingerprint density at radius 3 is 3.00 bits per heavy atom. The Balaban J connectivity index is 1.98. The van der Waals surface area contributed by atoms with Crippen LogP contribution in [0.1, 0.15) is 32.4 Å². The highest BCUT2D eigenvalue weighted by Crippen LogP contribution is 2.27. The van der Waals surface area contributed by atoms with E-state index in [1.807, 2.05) is 6.20 Å². The molecule has 0 spiro atoms. The summed E-state index contributed by atoms with van der Waals surface area (Å²) in [4.78, 5) is 6.75. The van der Waals surface area contributed by atoms with Gasteiger partial charge in [0.25, 0.3) is 0 Å². The van der Waals surface area contributed by atoms with Gasteiger partial charge in [0.15, 0.2) is 0 Å². The number of pyridine rings is 1. The number of aryl methyl sites for hydroxylation is 1. The SMILES string of the molecule is Cc1cc(N2CCC(CC(C)C)C2)ccn1. The normalized spacial score (nSPS) is 20.8. The van der Waals surface area contributed by atoms with Crippen molar-refractivity contribution in [3.63, 3.8) is 0 Å². The van der Waals surface area contributed by atoms with Gasteiger partial charge < -0.3 is 4.90 Å². The second-order valence-electron chi connectivity index (χ2n) is 5.39. The van der Waals surface area contributed by atoms with Crippen LogP contribution in [0.3, 0.4) is 0 Å². The molecular formula is C14H22N2. The Kier molecular flexibility index (Phi) is 3.47. The number of hydrogen-bond donors (Lipinski definition) is 0. The molecule has 2 heterocycles. The summed E-state index contributed by atoms with van der Waals surface area (Å²) in [5, 5.41) is 0. The molecule has 0 amide bonds. The number of rotatable bonds is 3. The van der Waals surface area contributed by atoms with E-state index in [9.17, 15) is 0 Å². The van der Waals surface area contributed by atoms with E-state index in [1.165, 1.54) is 31.6 Å². The zero-order valence-electron chi connectivity index (χ0n) is 10.6. The van der Waals surface area contributed by atoms with Crippen molar-refractivity contribution in [1.29, 1.82) is 0 Å². The Bertz CT molecular complexity index is 346. The van der Waals surface area contributed by atoms with E-state index < -0.39 is 0 Å². The summed E-state index contributed by atoms with van der Waals surface area (Å²) in [6.45, 7) is 9.13. The zero-order valence-corrected chi connectivity index (χ0v) is 10.6. The summed E-state index contributed by atoms with van der Waals surface area (Å²) in [6, 6.07) is 4.32. The highest BCUT2D eigenvalue weighted by molar-refractivity contribution is 5.47. The van der Waals surface area contributed by atoms with Crippen molar-refractivity contribution in [3.8, 4) is 0 Å². The molecule has 0 saturated carbocycles. The smallest absolute Gasteiger partial charge is 0.0399 e. The molecule has 16 heavy (non-hydrogen) atoms. The Morgan fingerprint density at radius 2 is 2.31 bits per heavy atom. The van der Waals surface area contributed by atoms with Gasteiger partial charge in [0.2, 0.25) is 0 Å². The first-order valence-corrected chi connectivity index (χ1v) is 6.32. The van der Waals surface area contributed by atoms with Gasteiger partial charge in [0.1, 0.15) is 0 Å². The average Bonchev–Trinajstić information content (AvgIpc) is 2.65. The van der Waals surface area contributed by atoms with Gasteiger partial charge in [-0.3, -0.25) is 4.98 Å². The molecule has 1 saturated heterocycles. The van der Waals surface area contributed by atoms with E-state index in [-0.39, 0.29) is 0 Å². The zero-order chi connectivity index (χ0) is 11.5. The van der Waals surface area contributed by atoms with Crippen LogP contribution in [0.2, 0.25) is 0 Å². The average molecular weight is 218 g/mol. The molecule has 0 bridgehead atoms. The molecule has 0 aliphatic carbocycles. The minimum Gasteiger partial charge on any atom is -0.371 e. The molecule has 1 unspecified atom stereocenters. The number of anilines is 1. The molecule has 0 radical (unpaired) electrons. The maximum Gasteiger partial charge on any atom is 0.0399 e. The van der Waals surface area contributed by atoms with Gasteiger partial charge in [-0.05, 0) is 43.7 Å². The maximum absolute atomic E-state index is 4.25. The minimum absolute atomic E-state index is 0.823. The van der Waals surface area contributed by atoms with Crippen LogP contribution in [-0.2, 0) is 0 Å². The van der Waals surface area contributed by atoms with E-state index in [4.69, 9.17) is 0 Å². The van der Waals surface area contributed by atoms with Crippen LogP contribution in [0.5, 0.6) is 0 Å². The van der Waals surface area contributed by atoms with E-state index in [0.717, 1.165) is 17.5 Å². The van der Waals surface area contributed by atoms with Crippen molar-refractivity contribution in [2.45, 2.75) is 33.6 Å². The lowest BCUT2D eigenvalue weighted by Crippen LogP contribution is -2.20. The Hall–Kier alpha value is -1.05. The highest BCUT2D eigenvalue weighted by atomic mass is 15.2. The van der Waals surface area contributed by atoms with Crippen molar-refractivity contribution in [3.05, 3.63) is 24.0 Å². The third-order valence-corrected chi connectivity index (χ3v) is 3.34. The van der Waals surface area contributed by atoms with Gasteiger partial charge in [0, 0.05) is 30.7 Å². The second kappa shape index (κ2) is 4.86. The fraction of sp³-hybridized carbons (Fsp3) is 0.643. The lowest BCUT2D eigenvalue weighted by Gasteiger charge is -2.19. The topological polar surface area (TPSA) is 16.1 Å². The molecule has 88 valence electrons. The van der Waals surface area contributed by atoms with Crippen molar-refractivity contribution in [2.75, 3.05) is 18.0 Å². The summed E-state index contributed by atoms with van der Waals surface area (Å²) >= 11 is 0. The highest BCUT2D eigenvalue weighted by Gasteiger charge is 2.23. The molecule has 0 aromatic carbocycles. The molecule has 2 nitrogen and oxygen atoms in total. The van der Waals surface area contributed by atoms with Crippen LogP contribution in [0, 0.1) is 18.8 Å². The van der Waals surface area contributed by atoms with Crippen molar-refractivity contribution in [2.24, 2.45) is 11.8 Å². The first-order valence-electron chi connectivity index (χ1n) is 6.32. The summed E-state index contributed by atoms with van der Waals surface area (Å²) < 4.78 is 0. The lowest BCUT2D eigenvalue weighted by atomic mass is 9.97. The number of nitrogens with zero attached hydrogens (tertiary/aromatic N) is 2. The summed E-state index contributed by atoms with van der Waals surface area (Å²) in [7, 11) is 0. The summed E-state index contributed by atoms with van der Waals surface area (Å²) in [6.07, 6.45) is 4.63. The quantitative estimate of drug-likeness (QED) is 0.774. The first kappa shape index (κ1) is 11.4. The fourth-order valence-electron chi connectivity index (χ4n) is 2.65. The molecule has 1 aromatic rings. The largest absolute Gasteiger partial charge is 0.371 e. The van der Waals surface area contributed by atoms with Crippen LogP contribution >= 0.6 is 0 Å². The minimum atomic E-state index is 0.823. The molecular weight excluding hydrogens is 196 g/mol. The number of hydrogen-bond acceptors (Lipinski definition) is 2. The standard InChI is InChI=1S/C14H22N2/c1-11(2)8-13-5-7-16(10-13)14-4-6-15-12(3)9-14/h4,6,9,11,13H,5,7-8,10H2,1-3H3. The van der Waals surface area contributed by atoms with Crippen LogP contribution < -0.4 is 4.90 Å². The van der Waals surface area contributed by atoms with Gasteiger partial charge in [-0.2, -0.15) is 0 Å². The molecule has 0 N–H and O–H groups in total. The Labute approximate surface area is 98.7 Å². The lowest BCUT2D eigenvalue weighted by molar-refractivity contribution is 0.441. The first-order chi connectivity index (χ1) is 7.65. The van der Waals surface area contributed by atoms with E-state index in [0.29, 0.717) is 0 Å². The predicted octanol–water partition coefficient (Wildman–Crippen LogP) is 3.26. The van der Waals surface area contributed by atoms with E-state index in [2.05, 4.69) is 42.8 Å². The number of aromatic nitrogens is 1. The third-order valence-electron chi connectivity index (χ3n) is 3.34. The van der Waals surface area contributed by atoms with Crippen LogP contribution in [0.4, 0.5) is 5.69 Å². The van der Waals surface area contributed by atoms with Crippen LogP contribution in [0.15, 0.2) is 18.3 Å². The third kappa shape index (κ3) is 2.75. The van der Waals surface area contributed by atoms with Gasteiger partial charge >= 0.3 is 0 Å². The summed E-state index contributed by atoms with van der Waals surface area (Å²) in [5.41, 5.74) is 2.46. The van der Waals surface area contributed by atoms with Crippen LogP contribution in [0.25, 0.3) is 0 Å². The van der Waals surface area contributed by atoms with Crippen molar-refractivity contribution >= 4 is 5.69 Å². The molecule has 2 rings (SSSR count). The van der Waals surface area contributed by atoms with Gasteiger partial charge in [-0.1, -0.05) is 13.8 Å². The van der Waals surface area contributed by atoms with Gasteiger partial charge in [-0.25, -0.2) is 0 Å². The molecule has 1 aromatic heterocycles. The van der Waals surface area contributed by atoms with Crippen molar-refractivity contribution in [1.82, 2.24) is 4.98 Å². The van der Waals surface area contributed by atoms with Crippen molar-refractivity contribution < 1.29 is 0 Å². The molecule has 1 fully saturated rings.